The van der Waals surface area contributed by atoms with E-state index in [0.29, 0.717) is 31.9 Å². The number of carbonyl (C=O) groups is 1. The van der Waals surface area contributed by atoms with Gasteiger partial charge in [-0.25, -0.2) is 0 Å². The van der Waals surface area contributed by atoms with Crippen LogP contribution < -0.4 is 10.6 Å². The van der Waals surface area contributed by atoms with E-state index in [0.717, 1.165) is 25.3 Å². The molecule has 2 fully saturated rings. The Morgan fingerprint density at radius 3 is 2.42 bits per heavy atom. The molecule has 0 radical (unpaired) electrons. The quantitative estimate of drug-likeness (QED) is 0.899. The second-order valence-corrected chi connectivity index (χ2v) is 6.56. The molecule has 1 aromatic carbocycles. The van der Waals surface area contributed by atoms with Crippen molar-refractivity contribution < 1.29 is 18.0 Å². The largest absolute Gasteiger partial charge is 0.416 e. The molecule has 0 bridgehead atoms. The van der Waals surface area contributed by atoms with E-state index in [1.807, 2.05) is 4.90 Å². The third-order valence-electron chi connectivity index (χ3n) is 5.02. The summed E-state index contributed by atoms with van der Waals surface area (Å²) in [6.07, 6.45) is -1.62. The van der Waals surface area contributed by atoms with Gasteiger partial charge in [-0.1, -0.05) is 12.5 Å². The number of nitrogens with two attached hydrogens (primary N) is 1. The number of alkyl halides is 3. The summed E-state index contributed by atoms with van der Waals surface area (Å²) < 4.78 is 38.5. The van der Waals surface area contributed by atoms with Gasteiger partial charge < -0.3 is 15.5 Å². The molecule has 0 aromatic heterocycles. The Bertz CT molecular complexity index is 597. The Kier molecular flexibility index (Phi) is 4.71. The number of hydrogen-bond acceptors (Lipinski definition) is 3. The first-order chi connectivity index (χ1) is 11.4. The van der Waals surface area contributed by atoms with Crippen molar-refractivity contribution in [2.24, 2.45) is 11.7 Å². The zero-order chi connectivity index (χ0) is 17.3. The van der Waals surface area contributed by atoms with Gasteiger partial charge in [-0.3, -0.25) is 4.79 Å². The van der Waals surface area contributed by atoms with E-state index >= 15 is 0 Å². The van der Waals surface area contributed by atoms with Crippen molar-refractivity contribution in [2.45, 2.75) is 31.5 Å². The van der Waals surface area contributed by atoms with E-state index in [2.05, 4.69) is 0 Å². The Morgan fingerprint density at radius 2 is 1.83 bits per heavy atom. The molecule has 2 atom stereocenters. The molecule has 1 aliphatic carbocycles. The molecule has 7 heteroatoms. The topological polar surface area (TPSA) is 49.6 Å². The average Bonchev–Trinajstić information content (AvgIpc) is 3.00. The molecule has 1 aromatic rings. The highest BCUT2D eigenvalue weighted by Gasteiger charge is 2.35. The SMILES string of the molecule is NC1CCCC1C(=O)N1CCN(c2cccc(C(F)(F)F)c2)CC1. The first kappa shape index (κ1) is 17.1. The maximum Gasteiger partial charge on any atom is 0.416 e. The number of piperazine rings is 1. The number of benzene rings is 1. The molecule has 0 spiro atoms. The zero-order valence-corrected chi connectivity index (χ0v) is 13.4. The van der Waals surface area contributed by atoms with Crippen molar-refractivity contribution in [1.82, 2.24) is 4.90 Å². The molecule has 24 heavy (non-hydrogen) atoms. The first-order valence-corrected chi connectivity index (χ1v) is 8.33. The molecule has 3 rings (SSSR count). The monoisotopic (exact) mass is 341 g/mol. The van der Waals surface area contributed by atoms with Gasteiger partial charge in [0.1, 0.15) is 0 Å². The highest BCUT2D eigenvalue weighted by Crippen LogP contribution is 2.32. The summed E-state index contributed by atoms with van der Waals surface area (Å²) in [6.45, 7) is 2.13. The summed E-state index contributed by atoms with van der Waals surface area (Å²) in [4.78, 5) is 16.2. The molecule has 2 unspecified atom stereocenters. The summed E-state index contributed by atoms with van der Waals surface area (Å²) in [5.41, 5.74) is 5.91. The van der Waals surface area contributed by atoms with Crippen LogP contribution in [0.25, 0.3) is 0 Å². The van der Waals surface area contributed by atoms with Crippen molar-refractivity contribution >= 4 is 11.6 Å². The van der Waals surface area contributed by atoms with E-state index in [1.54, 1.807) is 11.0 Å². The maximum absolute atomic E-state index is 12.8. The fraction of sp³-hybridized carbons (Fsp3) is 0.588. The lowest BCUT2D eigenvalue weighted by atomic mass is 10.0. The molecule has 1 heterocycles. The highest BCUT2D eigenvalue weighted by atomic mass is 19.4. The van der Waals surface area contributed by atoms with Crippen molar-refractivity contribution in [3.05, 3.63) is 29.8 Å². The minimum Gasteiger partial charge on any atom is -0.368 e. The van der Waals surface area contributed by atoms with Crippen molar-refractivity contribution in [3.63, 3.8) is 0 Å². The van der Waals surface area contributed by atoms with Gasteiger partial charge in [0.15, 0.2) is 0 Å². The zero-order valence-electron chi connectivity index (χ0n) is 13.4. The van der Waals surface area contributed by atoms with E-state index < -0.39 is 11.7 Å². The summed E-state index contributed by atoms with van der Waals surface area (Å²) in [5.74, 6) is 0.00815. The lowest BCUT2D eigenvalue weighted by Crippen LogP contribution is -2.52. The van der Waals surface area contributed by atoms with Crippen LogP contribution >= 0.6 is 0 Å². The van der Waals surface area contributed by atoms with Gasteiger partial charge in [-0.05, 0) is 31.0 Å². The minimum absolute atomic E-state index is 0.0565. The van der Waals surface area contributed by atoms with Crippen molar-refractivity contribution in [1.29, 1.82) is 0 Å². The third kappa shape index (κ3) is 3.50. The summed E-state index contributed by atoms with van der Waals surface area (Å²) >= 11 is 0. The lowest BCUT2D eigenvalue weighted by Gasteiger charge is -2.37. The van der Waals surface area contributed by atoms with E-state index in [-0.39, 0.29) is 17.9 Å². The lowest BCUT2D eigenvalue weighted by molar-refractivity contribution is -0.137. The molecule has 1 aliphatic heterocycles. The van der Waals surface area contributed by atoms with E-state index in [9.17, 15) is 18.0 Å². The van der Waals surface area contributed by atoms with Gasteiger partial charge >= 0.3 is 6.18 Å². The molecular formula is C17H22F3N3O. The van der Waals surface area contributed by atoms with Crippen molar-refractivity contribution in [3.8, 4) is 0 Å². The Labute approximate surface area is 139 Å². The fourth-order valence-corrected chi connectivity index (χ4v) is 3.59. The van der Waals surface area contributed by atoms with Crippen LogP contribution in [-0.2, 0) is 11.0 Å². The summed E-state index contributed by atoms with van der Waals surface area (Å²) in [7, 11) is 0. The second-order valence-electron chi connectivity index (χ2n) is 6.56. The van der Waals surface area contributed by atoms with Crippen LogP contribution in [0.5, 0.6) is 0 Å². The Morgan fingerprint density at radius 1 is 1.12 bits per heavy atom. The standard InChI is InChI=1S/C17H22F3N3O/c18-17(19,20)12-3-1-4-13(11-12)22-7-9-23(10-8-22)16(24)14-5-2-6-15(14)21/h1,3-4,11,14-15H,2,5-10,21H2. The first-order valence-electron chi connectivity index (χ1n) is 8.33. The molecule has 2 N–H and O–H groups in total. The molecule has 1 saturated heterocycles. The number of carbonyl (C=O) groups excluding carboxylic acids is 1. The van der Waals surface area contributed by atoms with Gasteiger partial charge in [0.05, 0.1) is 11.5 Å². The number of rotatable bonds is 2. The highest BCUT2D eigenvalue weighted by molar-refractivity contribution is 5.80. The van der Waals surface area contributed by atoms with Gasteiger partial charge in [-0.2, -0.15) is 13.2 Å². The molecular weight excluding hydrogens is 319 g/mol. The normalized spacial score (nSPS) is 25.2. The number of hydrogen-bond donors (Lipinski definition) is 1. The maximum atomic E-state index is 12.8. The predicted octanol–water partition coefficient (Wildman–Crippen LogP) is 2.48. The van der Waals surface area contributed by atoms with Crippen LogP contribution in [0.1, 0.15) is 24.8 Å². The van der Waals surface area contributed by atoms with Gasteiger partial charge in [0.2, 0.25) is 5.91 Å². The fourth-order valence-electron chi connectivity index (χ4n) is 3.59. The average molecular weight is 341 g/mol. The molecule has 1 saturated carbocycles. The van der Waals surface area contributed by atoms with Gasteiger partial charge in [-0.15, -0.1) is 0 Å². The van der Waals surface area contributed by atoms with E-state index in [1.165, 1.54) is 12.1 Å². The van der Waals surface area contributed by atoms with Crippen LogP contribution in [0.15, 0.2) is 24.3 Å². The van der Waals surface area contributed by atoms with Crippen LogP contribution in [0.2, 0.25) is 0 Å². The number of amides is 1. The number of anilines is 1. The number of halogens is 3. The Hall–Kier alpha value is -1.76. The second kappa shape index (κ2) is 6.63. The minimum atomic E-state index is -4.34. The van der Waals surface area contributed by atoms with Gasteiger partial charge in [0.25, 0.3) is 0 Å². The molecule has 2 aliphatic rings. The number of nitrogens with zero attached hydrogens (tertiary/aromatic N) is 2. The van der Waals surface area contributed by atoms with Crippen LogP contribution in [0, 0.1) is 5.92 Å². The predicted molar refractivity (Wildman–Crippen MR) is 85.6 cm³/mol. The molecule has 132 valence electrons. The molecule has 1 amide bonds. The van der Waals surface area contributed by atoms with Gasteiger partial charge in [0, 0.05) is 37.9 Å². The van der Waals surface area contributed by atoms with Crippen LogP contribution in [-0.4, -0.2) is 43.0 Å². The van der Waals surface area contributed by atoms with E-state index in [4.69, 9.17) is 5.73 Å². The van der Waals surface area contributed by atoms with Crippen LogP contribution in [0.4, 0.5) is 18.9 Å². The van der Waals surface area contributed by atoms with Crippen LogP contribution in [0.3, 0.4) is 0 Å². The van der Waals surface area contributed by atoms with Crippen molar-refractivity contribution in [2.75, 3.05) is 31.1 Å². The summed E-state index contributed by atoms with van der Waals surface area (Å²) in [5, 5.41) is 0. The smallest absolute Gasteiger partial charge is 0.368 e. The Balaban J connectivity index is 1.62. The summed E-state index contributed by atoms with van der Waals surface area (Å²) in [6, 6.07) is 5.29. The third-order valence-corrected chi connectivity index (χ3v) is 5.02. The molecule has 4 nitrogen and oxygen atoms in total.